The van der Waals surface area contributed by atoms with Gasteiger partial charge in [-0.25, -0.2) is 4.79 Å². The topological polar surface area (TPSA) is 99.3 Å². The molecule has 0 spiro atoms. The lowest BCUT2D eigenvalue weighted by Gasteiger charge is -2.13. The summed E-state index contributed by atoms with van der Waals surface area (Å²) in [7, 11) is 0. The molecular formula is C18H20N4O3. The van der Waals surface area contributed by atoms with Gasteiger partial charge in [-0.1, -0.05) is 30.3 Å². The lowest BCUT2D eigenvalue weighted by atomic mass is 10.2. The first-order chi connectivity index (χ1) is 12.1. The Morgan fingerprint density at radius 3 is 2.20 bits per heavy atom. The second-order valence-corrected chi connectivity index (χ2v) is 5.13. The van der Waals surface area contributed by atoms with Crippen molar-refractivity contribution < 1.29 is 14.4 Å². The fourth-order valence-corrected chi connectivity index (χ4v) is 2.08. The van der Waals surface area contributed by atoms with E-state index in [-0.39, 0.29) is 12.5 Å². The summed E-state index contributed by atoms with van der Waals surface area (Å²) in [6, 6.07) is 15.3. The maximum absolute atomic E-state index is 12.3. The Morgan fingerprint density at radius 1 is 0.880 bits per heavy atom. The van der Waals surface area contributed by atoms with Crippen molar-refractivity contribution in [1.29, 1.82) is 0 Å². The molecule has 2 aromatic carbocycles. The Balaban J connectivity index is 1.97. The molecule has 0 aliphatic carbocycles. The first-order valence-corrected chi connectivity index (χ1v) is 7.87. The number of carbonyl (C=O) groups is 3. The van der Waals surface area contributed by atoms with Gasteiger partial charge in [-0.05, 0) is 31.2 Å². The molecule has 0 bridgehead atoms. The normalized spacial score (nSPS) is 9.80. The van der Waals surface area contributed by atoms with E-state index in [9.17, 15) is 14.4 Å². The maximum atomic E-state index is 12.3. The van der Waals surface area contributed by atoms with E-state index in [1.54, 1.807) is 55.5 Å². The summed E-state index contributed by atoms with van der Waals surface area (Å²) in [5, 5.41) is 10.4. The van der Waals surface area contributed by atoms with Crippen molar-refractivity contribution in [3.63, 3.8) is 0 Å². The fourth-order valence-electron chi connectivity index (χ4n) is 2.08. The Hall–Kier alpha value is -3.35. The third-order valence-corrected chi connectivity index (χ3v) is 3.24. The number of para-hydroxylation sites is 2. The molecule has 0 unspecified atom stereocenters. The molecule has 0 saturated carbocycles. The molecule has 2 aromatic rings. The molecule has 0 aromatic heterocycles. The Morgan fingerprint density at radius 2 is 1.52 bits per heavy atom. The van der Waals surface area contributed by atoms with Crippen LogP contribution < -0.4 is 21.3 Å². The standard InChI is InChI=1S/C18H20N4O3/c1-2-19-18(25)22-16(23)12-20-14-10-6-7-11-15(14)21-17(24)13-8-4-3-5-9-13/h3-11,20H,2,12H2,1H3,(H,21,24)(H2,19,22,23,25). The van der Waals surface area contributed by atoms with Gasteiger partial charge >= 0.3 is 6.03 Å². The minimum absolute atomic E-state index is 0.102. The summed E-state index contributed by atoms with van der Waals surface area (Å²) in [4.78, 5) is 35.3. The molecule has 25 heavy (non-hydrogen) atoms. The van der Waals surface area contributed by atoms with Crippen LogP contribution in [0.4, 0.5) is 16.2 Å². The smallest absolute Gasteiger partial charge is 0.321 e. The number of nitrogens with one attached hydrogen (secondary N) is 4. The van der Waals surface area contributed by atoms with Crippen molar-refractivity contribution in [1.82, 2.24) is 10.6 Å². The molecule has 4 N–H and O–H groups in total. The Kier molecular flexibility index (Phi) is 6.53. The number of urea groups is 1. The van der Waals surface area contributed by atoms with E-state index in [2.05, 4.69) is 21.3 Å². The van der Waals surface area contributed by atoms with Crippen LogP contribution in [0.15, 0.2) is 54.6 Å². The summed E-state index contributed by atoms with van der Waals surface area (Å²) in [5.41, 5.74) is 1.66. The summed E-state index contributed by atoms with van der Waals surface area (Å²) in [5.74, 6) is -0.725. The van der Waals surface area contributed by atoms with Gasteiger partial charge in [0, 0.05) is 12.1 Å². The second kappa shape index (κ2) is 9.07. The molecule has 2 rings (SSSR count). The molecule has 4 amide bonds. The fraction of sp³-hybridized carbons (Fsp3) is 0.167. The number of rotatable bonds is 6. The van der Waals surface area contributed by atoms with E-state index in [1.807, 2.05) is 6.07 Å². The largest absolute Gasteiger partial charge is 0.374 e. The summed E-state index contributed by atoms with van der Waals surface area (Å²) in [6.07, 6.45) is 0. The number of hydrogen-bond donors (Lipinski definition) is 4. The third kappa shape index (κ3) is 5.65. The molecule has 0 atom stereocenters. The number of anilines is 2. The maximum Gasteiger partial charge on any atom is 0.321 e. The summed E-state index contributed by atoms with van der Waals surface area (Å²) >= 11 is 0. The molecule has 0 aliphatic rings. The second-order valence-electron chi connectivity index (χ2n) is 5.13. The zero-order valence-corrected chi connectivity index (χ0v) is 13.8. The lowest BCUT2D eigenvalue weighted by molar-refractivity contribution is -0.118. The van der Waals surface area contributed by atoms with Crippen LogP contribution in [0.25, 0.3) is 0 Å². The average molecular weight is 340 g/mol. The Labute approximate surface area is 145 Å². The van der Waals surface area contributed by atoms with Crippen LogP contribution in [0.1, 0.15) is 17.3 Å². The van der Waals surface area contributed by atoms with Crippen molar-refractivity contribution in [2.75, 3.05) is 23.7 Å². The predicted molar refractivity (Wildman–Crippen MR) is 96.5 cm³/mol. The van der Waals surface area contributed by atoms with Crippen molar-refractivity contribution >= 4 is 29.2 Å². The SMILES string of the molecule is CCNC(=O)NC(=O)CNc1ccccc1NC(=O)c1ccccc1. The molecule has 130 valence electrons. The molecule has 0 radical (unpaired) electrons. The molecule has 0 fully saturated rings. The third-order valence-electron chi connectivity index (χ3n) is 3.24. The number of benzene rings is 2. The van der Waals surface area contributed by atoms with Gasteiger partial charge < -0.3 is 16.0 Å². The number of carbonyl (C=O) groups excluding carboxylic acids is 3. The lowest BCUT2D eigenvalue weighted by Crippen LogP contribution is -2.41. The van der Waals surface area contributed by atoms with Gasteiger partial charge in [-0.2, -0.15) is 0 Å². The zero-order chi connectivity index (χ0) is 18.1. The molecule has 7 heteroatoms. The number of hydrogen-bond acceptors (Lipinski definition) is 4. The van der Waals surface area contributed by atoms with Crippen LogP contribution >= 0.6 is 0 Å². The van der Waals surface area contributed by atoms with Crippen LogP contribution in [0.2, 0.25) is 0 Å². The molecule has 0 aliphatic heterocycles. The van der Waals surface area contributed by atoms with E-state index in [4.69, 9.17) is 0 Å². The minimum Gasteiger partial charge on any atom is -0.374 e. The molecule has 0 saturated heterocycles. The minimum atomic E-state index is -0.542. The number of imide groups is 1. The van der Waals surface area contributed by atoms with E-state index in [0.717, 1.165) is 0 Å². The van der Waals surface area contributed by atoms with E-state index in [1.165, 1.54) is 0 Å². The van der Waals surface area contributed by atoms with Gasteiger partial charge in [0.25, 0.3) is 5.91 Å². The van der Waals surface area contributed by atoms with E-state index in [0.29, 0.717) is 23.5 Å². The molecule has 7 nitrogen and oxygen atoms in total. The molecule has 0 heterocycles. The Bertz CT molecular complexity index is 747. The van der Waals surface area contributed by atoms with Crippen LogP contribution in [0.3, 0.4) is 0 Å². The number of amides is 4. The highest BCUT2D eigenvalue weighted by molar-refractivity contribution is 6.06. The monoisotopic (exact) mass is 340 g/mol. The molecular weight excluding hydrogens is 320 g/mol. The highest BCUT2D eigenvalue weighted by Crippen LogP contribution is 2.21. The van der Waals surface area contributed by atoms with Crippen LogP contribution in [-0.4, -0.2) is 30.9 Å². The zero-order valence-electron chi connectivity index (χ0n) is 13.8. The van der Waals surface area contributed by atoms with E-state index >= 15 is 0 Å². The van der Waals surface area contributed by atoms with Crippen LogP contribution in [0.5, 0.6) is 0 Å². The van der Waals surface area contributed by atoms with Crippen molar-refractivity contribution in [2.45, 2.75) is 6.92 Å². The van der Waals surface area contributed by atoms with Gasteiger partial charge in [0.2, 0.25) is 5.91 Å². The van der Waals surface area contributed by atoms with Crippen molar-refractivity contribution in [2.24, 2.45) is 0 Å². The van der Waals surface area contributed by atoms with Gasteiger partial charge in [-0.3, -0.25) is 14.9 Å². The van der Waals surface area contributed by atoms with Crippen LogP contribution in [0, 0.1) is 0 Å². The highest BCUT2D eigenvalue weighted by atomic mass is 16.2. The summed E-state index contributed by atoms with van der Waals surface area (Å²) in [6.45, 7) is 2.09. The van der Waals surface area contributed by atoms with Crippen molar-refractivity contribution in [3.8, 4) is 0 Å². The predicted octanol–water partition coefficient (Wildman–Crippen LogP) is 2.20. The first kappa shape index (κ1) is 18.0. The highest BCUT2D eigenvalue weighted by Gasteiger charge is 2.10. The van der Waals surface area contributed by atoms with Gasteiger partial charge in [0.05, 0.1) is 17.9 Å². The quantitative estimate of drug-likeness (QED) is 0.648. The van der Waals surface area contributed by atoms with Crippen LogP contribution in [-0.2, 0) is 4.79 Å². The summed E-state index contributed by atoms with van der Waals surface area (Å²) < 4.78 is 0. The average Bonchev–Trinajstić information content (AvgIpc) is 2.62. The van der Waals surface area contributed by atoms with Gasteiger partial charge in [0.15, 0.2) is 0 Å². The van der Waals surface area contributed by atoms with Crippen molar-refractivity contribution in [3.05, 3.63) is 60.2 Å². The van der Waals surface area contributed by atoms with Gasteiger partial charge in [0.1, 0.15) is 0 Å². The van der Waals surface area contributed by atoms with E-state index < -0.39 is 11.9 Å². The first-order valence-electron chi connectivity index (χ1n) is 7.87. The van der Waals surface area contributed by atoms with Gasteiger partial charge in [-0.15, -0.1) is 0 Å².